The highest BCUT2D eigenvalue weighted by molar-refractivity contribution is 6.09. The normalized spacial score (nSPS) is 19.6. The molecule has 14 nitrogen and oxygen atoms in total. The average molecular weight is 751 g/mol. The third kappa shape index (κ3) is 7.59. The standard InChI is InChI=1S/C41H50N8O6/c1-22(2)26(21-35(50)54-5)39(51)48-17-7-9-33(48)37-43-29-13-11-24(19-31(29)45-37)27-15-16-28(42-27)25-12-14-30-32(20-25)46-38(44-30)34-10-8-18-49(34)40(52)36(23(3)4)47-41(53)55-6/h11-14,16,19-20,22-23,26,33-34,36H,7-10,15,17-18,21H2,1-6H3,(H,43,45)(H,44,46)(H,47,53)/t26-,33-,34-,36-/m0/s1. The molecule has 3 aliphatic heterocycles. The molecule has 4 atom stereocenters. The van der Waals surface area contributed by atoms with Crippen LogP contribution >= 0.6 is 0 Å². The molecule has 2 saturated heterocycles. The van der Waals surface area contributed by atoms with E-state index >= 15 is 0 Å². The second kappa shape index (κ2) is 15.7. The Kier molecular flexibility index (Phi) is 10.8. The fraction of sp³-hybridized carbons (Fsp3) is 0.488. The number of nitrogens with one attached hydrogen (secondary N) is 3. The van der Waals surface area contributed by atoms with E-state index in [1.54, 1.807) is 0 Å². The maximum atomic E-state index is 13.7. The number of aliphatic imine (C=N–C) groups is 1. The Labute approximate surface area is 320 Å². The molecule has 2 fully saturated rings. The second-order valence-electron chi connectivity index (χ2n) is 15.4. The molecule has 3 N–H and O–H groups in total. The van der Waals surface area contributed by atoms with E-state index < -0.39 is 18.1 Å². The van der Waals surface area contributed by atoms with Crippen LogP contribution < -0.4 is 5.32 Å². The quantitative estimate of drug-likeness (QED) is 0.152. The van der Waals surface area contributed by atoms with E-state index in [1.165, 1.54) is 14.2 Å². The number of carbonyl (C=O) groups excluding carboxylic acids is 4. The van der Waals surface area contributed by atoms with Crippen LogP contribution in [0.1, 0.15) is 101 Å². The number of benzene rings is 2. The number of imidazole rings is 2. The zero-order valence-corrected chi connectivity index (χ0v) is 32.3. The third-order valence-corrected chi connectivity index (χ3v) is 11.2. The van der Waals surface area contributed by atoms with E-state index in [1.807, 2.05) is 61.8 Å². The number of aromatic amines is 2. The van der Waals surface area contributed by atoms with Crippen LogP contribution in [0.2, 0.25) is 0 Å². The lowest BCUT2D eigenvalue weighted by Gasteiger charge is -2.29. The molecule has 3 amide bonds. The highest BCUT2D eigenvalue weighted by atomic mass is 16.5. The molecule has 0 saturated carbocycles. The van der Waals surface area contributed by atoms with Gasteiger partial charge in [-0.05, 0) is 67.3 Å². The lowest BCUT2D eigenvalue weighted by atomic mass is 9.91. The largest absolute Gasteiger partial charge is 0.469 e. The Balaban J connectivity index is 1.07. The Hall–Kier alpha value is -5.53. The Bertz CT molecular complexity index is 2180. The number of esters is 1. The molecule has 0 unspecified atom stereocenters. The van der Waals surface area contributed by atoms with Gasteiger partial charge in [-0.15, -0.1) is 0 Å². The number of hydrogen-bond donors (Lipinski definition) is 3. The monoisotopic (exact) mass is 750 g/mol. The first kappa shape index (κ1) is 37.8. The predicted octanol–water partition coefficient (Wildman–Crippen LogP) is 6.22. The summed E-state index contributed by atoms with van der Waals surface area (Å²) in [5, 5.41) is 2.70. The first-order valence-electron chi connectivity index (χ1n) is 19.3. The number of amides is 3. The average Bonchev–Trinajstić information content (AvgIpc) is 4.02. The number of allylic oxidation sites excluding steroid dienone is 1. The van der Waals surface area contributed by atoms with Gasteiger partial charge in [0.05, 0.1) is 72.1 Å². The molecule has 55 heavy (non-hydrogen) atoms. The Morgan fingerprint density at radius 1 is 0.800 bits per heavy atom. The summed E-state index contributed by atoms with van der Waals surface area (Å²) in [5.41, 5.74) is 7.13. The number of H-pyrrole nitrogens is 2. The molecule has 2 aromatic carbocycles. The van der Waals surface area contributed by atoms with Gasteiger partial charge in [-0.2, -0.15) is 0 Å². The van der Waals surface area contributed by atoms with Gasteiger partial charge in [0.25, 0.3) is 0 Å². The smallest absolute Gasteiger partial charge is 0.407 e. The highest BCUT2D eigenvalue weighted by Crippen LogP contribution is 2.36. The van der Waals surface area contributed by atoms with Gasteiger partial charge in [-0.3, -0.25) is 19.4 Å². The van der Waals surface area contributed by atoms with Crippen LogP contribution in [0.15, 0.2) is 47.5 Å². The first-order valence-corrected chi connectivity index (χ1v) is 19.3. The third-order valence-electron chi connectivity index (χ3n) is 11.2. The van der Waals surface area contributed by atoms with Crippen molar-refractivity contribution in [3.05, 3.63) is 65.2 Å². The summed E-state index contributed by atoms with van der Waals surface area (Å²) in [7, 11) is 2.64. The van der Waals surface area contributed by atoms with E-state index in [2.05, 4.69) is 33.5 Å². The fourth-order valence-electron chi connectivity index (χ4n) is 8.10. The summed E-state index contributed by atoms with van der Waals surface area (Å²) >= 11 is 0. The summed E-state index contributed by atoms with van der Waals surface area (Å²) in [6, 6.07) is 11.0. The SMILES string of the molecule is COC(=O)C[C@H](C(=O)N1CCC[C@H]1c1nc2ccc(C3=NC(c4ccc5nc([C@@H]6CCCN6C(=O)[C@@H](NC(=O)OC)C(C)C)[nH]c5c4)=CC3)cc2[nH]1)C(C)C. The van der Waals surface area contributed by atoms with Gasteiger partial charge in [0.15, 0.2) is 0 Å². The number of carbonyl (C=O) groups is 4. The van der Waals surface area contributed by atoms with E-state index in [0.717, 1.165) is 81.9 Å². The van der Waals surface area contributed by atoms with Gasteiger partial charge in [-0.1, -0.05) is 45.9 Å². The van der Waals surface area contributed by atoms with Crippen LogP contribution in [0, 0.1) is 17.8 Å². The Morgan fingerprint density at radius 3 is 1.95 bits per heavy atom. The van der Waals surface area contributed by atoms with Crippen molar-refractivity contribution in [2.75, 3.05) is 27.3 Å². The van der Waals surface area contributed by atoms with Crippen molar-refractivity contribution < 1.29 is 28.7 Å². The van der Waals surface area contributed by atoms with E-state index in [0.29, 0.717) is 19.5 Å². The number of rotatable bonds is 11. The van der Waals surface area contributed by atoms with Gasteiger partial charge in [0, 0.05) is 25.1 Å². The number of fused-ring (bicyclic) bond motifs is 2. The molecule has 7 rings (SSSR count). The van der Waals surface area contributed by atoms with Crippen molar-refractivity contribution in [3.8, 4) is 0 Å². The minimum absolute atomic E-state index is 0.00218. The van der Waals surface area contributed by atoms with Gasteiger partial charge >= 0.3 is 12.1 Å². The highest BCUT2D eigenvalue weighted by Gasteiger charge is 2.39. The van der Waals surface area contributed by atoms with Crippen LogP contribution in [-0.2, 0) is 23.9 Å². The zero-order chi connectivity index (χ0) is 39.0. The summed E-state index contributed by atoms with van der Waals surface area (Å²) in [6.45, 7) is 8.94. The van der Waals surface area contributed by atoms with Gasteiger partial charge in [0.1, 0.15) is 17.7 Å². The van der Waals surface area contributed by atoms with E-state index in [-0.39, 0.29) is 48.1 Å². The van der Waals surface area contributed by atoms with Crippen LogP contribution in [0.5, 0.6) is 0 Å². The van der Waals surface area contributed by atoms with Gasteiger partial charge in [-0.25, -0.2) is 14.8 Å². The van der Waals surface area contributed by atoms with Gasteiger partial charge in [0.2, 0.25) is 11.8 Å². The summed E-state index contributed by atoms with van der Waals surface area (Å²) in [5.74, 6) is 0.355. The Morgan fingerprint density at radius 2 is 1.38 bits per heavy atom. The topological polar surface area (TPSA) is 175 Å². The van der Waals surface area contributed by atoms with Crippen LogP contribution in [0.25, 0.3) is 27.8 Å². The molecule has 2 aromatic heterocycles. The maximum Gasteiger partial charge on any atom is 0.407 e. The van der Waals surface area contributed by atoms with Crippen LogP contribution in [0.3, 0.4) is 0 Å². The lowest BCUT2D eigenvalue weighted by molar-refractivity contribution is -0.148. The molecule has 5 heterocycles. The van der Waals surface area contributed by atoms with Crippen molar-refractivity contribution in [1.29, 1.82) is 0 Å². The van der Waals surface area contributed by atoms with Crippen molar-refractivity contribution in [2.24, 2.45) is 22.7 Å². The van der Waals surface area contributed by atoms with E-state index in [9.17, 15) is 19.2 Å². The maximum absolute atomic E-state index is 13.7. The number of likely N-dealkylation sites (tertiary alicyclic amines) is 2. The summed E-state index contributed by atoms with van der Waals surface area (Å²) < 4.78 is 9.65. The molecule has 3 aliphatic rings. The van der Waals surface area contributed by atoms with Crippen molar-refractivity contribution >= 4 is 57.4 Å². The fourth-order valence-corrected chi connectivity index (χ4v) is 8.10. The first-order chi connectivity index (χ1) is 26.4. The molecular weight excluding hydrogens is 701 g/mol. The zero-order valence-electron chi connectivity index (χ0n) is 32.3. The van der Waals surface area contributed by atoms with Crippen LogP contribution in [-0.4, -0.2) is 92.7 Å². The van der Waals surface area contributed by atoms with E-state index in [4.69, 9.17) is 24.4 Å². The second-order valence-corrected chi connectivity index (χ2v) is 15.4. The number of aromatic nitrogens is 4. The number of nitrogens with zero attached hydrogens (tertiary/aromatic N) is 5. The molecule has 0 radical (unpaired) electrons. The minimum atomic E-state index is -0.696. The molecule has 290 valence electrons. The molecule has 14 heteroatoms. The molecule has 0 spiro atoms. The van der Waals surface area contributed by atoms with Crippen molar-refractivity contribution in [2.45, 2.75) is 84.3 Å². The number of alkyl carbamates (subject to hydrolysis) is 1. The number of hydrogen-bond acceptors (Lipinski definition) is 9. The van der Waals surface area contributed by atoms with Gasteiger partial charge < -0.3 is 34.6 Å². The minimum Gasteiger partial charge on any atom is -0.469 e. The number of ether oxygens (including phenoxy) is 2. The molecule has 0 aliphatic carbocycles. The number of methoxy groups -OCH3 is 2. The molecule has 4 aromatic rings. The van der Waals surface area contributed by atoms with Crippen LogP contribution in [0.4, 0.5) is 4.79 Å². The lowest BCUT2D eigenvalue weighted by Crippen LogP contribution is -2.51. The molecular formula is C41H50N8O6. The van der Waals surface area contributed by atoms with Crippen molar-refractivity contribution in [1.82, 2.24) is 35.1 Å². The molecule has 0 bridgehead atoms. The predicted molar refractivity (Wildman–Crippen MR) is 208 cm³/mol. The summed E-state index contributed by atoms with van der Waals surface area (Å²) in [4.78, 5) is 76.9. The summed E-state index contributed by atoms with van der Waals surface area (Å²) in [6.07, 6.45) is 5.51. The van der Waals surface area contributed by atoms with Crippen molar-refractivity contribution in [3.63, 3.8) is 0 Å².